The predicted molar refractivity (Wildman–Crippen MR) is 91.0 cm³/mol. The molecule has 4 saturated heterocycles. The molecule has 4 aliphatic heterocycles. The molecule has 2 saturated carbocycles. The molecule has 162 valence electrons. The highest BCUT2D eigenvalue weighted by molar-refractivity contribution is 6.11. The molecule has 0 radical (unpaired) electrons. The van der Waals surface area contributed by atoms with Gasteiger partial charge >= 0.3 is 17.9 Å². The zero-order valence-electron chi connectivity index (χ0n) is 16.8. The normalized spacial score (nSPS) is 57.7. The van der Waals surface area contributed by atoms with E-state index in [9.17, 15) is 29.4 Å². The van der Waals surface area contributed by atoms with Gasteiger partial charge in [0.15, 0.2) is 23.6 Å². The summed E-state index contributed by atoms with van der Waals surface area (Å²) in [5, 5.41) is 22.9. The Morgan fingerprint density at radius 1 is 1.03 bits per heavy atom. The molecule has 2 spiro atoms. The highest BCUT2D eigenvalue weighted by Gasteiger charge is 3.04. The summed E-state index contributed by atoms with van der Waals surface area (Å²) in [7, 11) is 0. The second kappa shape index (κ2) is 4.58. The van der Waals surface area contributed by atoms with E-state index >= 15 is 0 Å². The van der Waals surface area contributed by atoms with E-state index in [1.807, 2.05) is 20.8 Å². The first kappa shape index (κ1) is 18.7. The molecule has 6 aliphatic rings. The van der Waals surface area contributed by atoms with Crippen LogP contribution in [0, 0.1) is 28.1 Å². The Morgan fingerprint density at radius 3 is 2.33 bits per heavy atom. The SMILES string of the molecule is C[C@@H]1C(=O)O[C@H]2C(=O)[C@@]34[C@H]5C[C@@H](C(C)(C)C)[C@@]36C(O)C(=O)O[C@H]6O[C@@]4(C(=O)O5)[C@@]12O. The Labute approximate surface area is 170 Å². The summed E-state index contributed by atoms with van der Waals surface area (Å²) in [4.78, 5) is 52.1. The van der Waals surface area contributed by atoms with E-state index in [1.54, 1.807) is 0 Å². The van der Waals surface area contributed by atoms with Gasteiger partial charge < -0.3 is 29.2 Å². The third kappa shape index (κ3) is 1.29. The number of rotatable bonds is 0. The second-order valence-electron chi connectivity index (χ2n) is 10.5. The lowest BCUT2D eigenvalue weighted by Crippen LogP contribution is -2.67. The number of ether oxygens (including phenoxy) is 4. The number of aliphatic hydroxyl groups is 2. The monoisotopic (exact) mass is 422 g/mol. The lowest BCUT2D eigenvalue weighted by Gasteiger charge is -2.45. The van der Waals surface area contributed by atoms with Crippen molar-refractivity contribution in [3.05, 3.63) is 0 Å². The van der Waals surface area contributed by atoms with Crippen LogP contribution in [0.2, 0.25) is 0 Å². The first-order valence-corrected chi connectivity index (χ1v) is 10.1. The van der Waals surface area contributed by atoms with Crippen molar-refractivity contribution in [1.29, 1.82) is 0 Å². The van der Waals surface area contributed by atoms with Gasteiger partial charge in [-0.2, -0.15) is 0 Å². The summed E-state index contributed by atoms with van der Waals surface area (Å²) < 4.78 is 22.3. The molecular formula is C20H22O10. The van der Waals surface area contributed by atoms with E-state index in [-0.39, 0.29) is 6.42 Å². The highest BCUT2D eigenvalue weighted by Crippen LogP contribution is 2.83. The Morgan fingerprint density at radius 2 is 1.70 bits per heavy atom. The van der Waals surface area contributed by atoms with E-state index in [4.69, 9.17) is 18.9 Å². The van der Waals surface area contributed by atoms with Gasteiger partial charge in [-0.3, -0.25) is 9.59 Å². The van der Waals surface area contributed by atoms with Crippen molar-refractivity contribution in [3.63, 3.8) is 0 Å². The Hall–Kier alpha value is -2.04. The van der Waals surface area contributed by atoms with Crippen molar-refractivity contribution in [2.45, 2.75) is 69.9 Å². The first-order valence-electron chi connectivity index (χ1n) is 10.1. The van der Waals surface area contributed by atoms with Crippen molar-refractivity contribution >= 4 is 23.7 Å². The standard InChI is InChI=1S/C20H22O10/c1-6-12(23)28-11-9(21)18-8-5-7(16(2,3)4)17(18)10(22)13(24)29-15(17)30-20(18,14(25)27-8)19(6,11)26/h6-8,10-11,15,22,26H,5H2,1-4H3/t6-,7+,8-,10?,11+,15+,17+,18+,19-,20-/m1/s1. The molecule has 6 rings (SSSR count). The predicted octanol–water partition coefficient (Wildman–Crippen LogP) is -1.16. The maximum Gasteiger partial charge on any atom is 0.343 e. The first-order chi connectivity index (χ1) is 13.8. The van der Waals surface area contributed by atoms with Gasteiger partial charge in [0.05, 0.1) is 11.3 Å². The number of hydrogen-bond donors (Lipinski definition) is 2. The molecule has 0 aromatic rings. The molecule has 6 fully saturated rings. The maximum atomic E-state index is 14.0. The van der Waals surface area contributed by atoms with Crippen LogP contribution in [0.1, 0.15) is 34.1 Å². The number of carbonyl (C=O) groups is 4. The van der Waals surface area contributed by atoms with Crippen LogP contribution in [0.4, 0.5) is 0 Å². The van der Waals surface area contributed by atoms with Crippen LogP contribution in [-0.4, -0.2) is 69.7 Å². The van der Waals surface area contributed by atoms with Gasteiger partial charge in [0.2, 0.25) is 11.9 Å². The number of esters is 3. The molecule has 10 atom stereocenters. The van der Waals surface area contributed by atoms with Gasteiger partial charge in [-0.1, -0.05) is 20.8 Å². The molecule has 10 heteroatoms. The van der Waals surface area contributed by atoms with E-state index < -0.39 is 87.6 Å². The number of aliphatic hydroxyl groups excluding tert-OH is 1. The minimum absolute atomic E-state index is 0.168. The Bertz CT molecular complexity index is 967. The van der Waals surface area contributed by atoms with E-state index in [1.165, 1.54) is 6.92 Å². The van der Waals surface area contributed by atoms with Crippen LogP contribution >= 0.6 is 0 Å². The summed E-state index contributed by atoms with van der Waals surface area (Å²) in [5.74, 6) is -5.36. The van der Waals surface area contributed by atoms with E-state index in [2.05, 4.69) is 0 Å². The fraction of sp³-hybridized carbons (Fsp3) is 0.800. The van der Waals surface area contributed by atoms with Crippen LogP contribution in [-0.2, 0) is 38.1 Å². The number of fused-ring (bicyclic) bond motifs is 1. The van der Waals surface area contributed by atoms with Crippen LogP contribution in [0.15, 0.2) is 0 Å². The quantitative estimate of drug-likeness (QED) is 0.362. The second-order valence-corrected chi connectivity index (χ2v) is 10.5. The van der Waals surface area contributed by atoms with Crippen molar-refractivity contribution < 1.29 is 48.3 Å². The third-order valence-electron chi connectivity index (χ3n) is 8.74. The minimum Gasteiger partial charge on any atom is -0.459 e. The highest BCUT2D eigenvalue weighted by atomic mass is 16.8. The Balaban J connectivity index is 1.73. The van der Waals surface area contributed by atoms with Gasteiger partial charge in [0, 0.05) is 0 Å². The number of ketones is 1. The summed E-state index contributed by atoms with van der Waals surface area (Å²) >= 11 is 0. The van der Waals surface area contributed by atoms with Crippen LogP contribution in [0.5, 0.6) is 0 Å². The summed E-state index contributed by atoms with van der Waals surface area (Å²) in [6.45, 7) is 7.01. The van der Waals surface area contributed by atoms with Crippen molar-refractivity contribution in [2.75, 3.05) is 0 Å². The van der Waals surface area contributed by atoms with Gasteiger partial charge in [-0.25, -0.2) is 9.59 Å². The molecule has 0 bridgehead atoms. The number of hydrogen-bond acceptors (Lipinski definition) is 10. The number of carbonyl (C=O) groups excluding carboxylic acids is 4. The molecular weight excluding hydrogens is 400 g/mol. The molecule has 10 nitrogen and oxygen atoms in total. The largest absolute Gasteiger partial charge is 0.459 e. The molecule has 0 aromatic heterocycles. The average molecular weight is 422 g/mol. The Kier molecular flexibility index (Phi) is 2.86. The van der Waals surface area contributed by atoms with E-state index in [0.29, 0.717) is 0 Å². The van der Waals surface area contributed by atoms with Crippen molar-refractivity contribution in [3.8, 4) is 0 Å². The maximum absolute atomic E-state index is 14.0. The molecule has 30 heavy (non-hydrogen) atoms. The summed E-state index contributed by atoms with van der Waals surface area (Å²) in [6, 6.07) is 0. The number of Topliss-reactive ketones (excluding diaryl/α,β-unsaturated/α-hetero) is 1. The van der Waals surface area contributed by atoms with Crippen LogP contribution in [0.25, 0.3) is 0 Å². The molecule has 0 aromatic carbocycles. The molecule has 0 amide bonds. The zero-order valence-corrected chi connectivity index (χ0v) is 16.8. The average Bonchev–Trinajstić information content (AvgIpc) is 3.35. The van der Waals surface area contributed by atoms with Gasteiger partial charge in [-0.15, -0.1) is 0 Å². The van der Waals surface area contributed by atoms with Crippen LogP contribution < -0.4 is 0 Å². The fourth-order valence-corrected chi connectivity index (χ4v) is 7.81. The van der Waals surface area contributed by atoms with Crippen molar-refractivity contribution in [1.82, 2.24) is 0 Å². The molecule has 2 N–H and O–H groups in total. The third-order valence-corrected chi connectivity index (χ3v) is 8.74. The summed E-state index contributed by atoms with van der Waals surface area (Å²) in [5.41, 5.74) is -8.79. The van der Waals surface area contributed by atoms with Gasteiger partial charge in [0.25, 0.3) is 0 Å². The summed E-state index contributed by atoms with van der Waals surface area (Å²) in [6.07, 6.45) is -5.77. The fourth-order valence-electron chi connectivity index (χ4n) is 7.81. The lowest BCUT2D eigenvalue weighted by atomic mass is 9.51. The van der Waals surface area contributed by atoms with E-state index in [0.717, 1.165) is 0 Å². The van der Waals surface area contributed by atoms with Crippen molar-refractivity contribution in [2.24, 2.45) is 28.1 Å². The zero-order chi connectivity index (χ0) is 21.8. The smallest absolute Gasteiger partial charge is 0.343 e. The minimum atomic E-state index is -2.34. The lowest BCUT2D eigenvalue weighted by molar-refractivity contribution is -0.238. The molecule has 4 heterocycles. The van der Waals surface area contributed by atoms with Gasteiger partial charge in [-0.05, 0) is 24.7 Å². The van der Waals surface area contributed by atoms with Gasteiger partial charge in [0.1, 0.15) is 11.5 Å². The van der Waals surface area contributed by atoms with Crippen LogP contribution in [0.3, 0.4) is 0 Å². The topological polar surface area (TPSA) is 146 Å². The molecule has 1 unspecified atom stereocenters. The molecule has 2 aliphatic carbocycles.